The summed E-state index contributed by atoms with van der Waals surface area (Å²) in [4.78, 5) is 8.46. The third-order valence-electron chi connectivity index (χ3n) is 3.01. The van der Waals surface area contributed by atoms with E-state index >= 15 is 0 Å². The van der Waals surface area contributed by atoms with Crippen LogP contribution in [0, 0.1) is 5.82 Å². The van der Waals surface area contributed by atoms with Crippen LogP contribution in [0.5, 0.6) is 11.6 Å². The van der Waals surface area contributed by atoms with E-state index in [1.807, 2.05) is 0 Å². The first-order chi connectivity index (χ1) is 9.79. The van der Waals surface area contributed by atoms with Crippen LogP contribution in [0.3, 0.4) is 0 Å². The van der Waals surface area contributed by atoms with Gasteiger partial charge in [0, 0.05) is 18.3 Å². The van der Waals surface area contributed by atoms with Gasteiger partial charge < -0.3 is 10.1 Å². The Morgan fingerprint density at radius 1 is 1.10 bits per heavy atom. The minimum atomic E-state index is -0.295. The van der Waals surface area contributed by atoms with Gasteiger partial charge in [-0.05, 0) is 37.1 Å². The molecule has 0 spiro atoms. The number of anilines is 1. The molecule has 1 heterocycles. The lowest BCUT2D eigenvalue weighted by molar-refractivity contribution is 0.460. The molecule has 0 aliphatic heterocycles. The maximum atomic E-state index is 12.8. The van der Waals surface area contributed by atoms with Crippen LogP contribution in [0.25, 0.3) is 0 Å². The van der Waals surface area contributed by atoms with Gasteiger partial charge in [-0.1, -0.05) is 12.2 Å². The molecule has 20 heavy (non-hydrogen) atoms. The maximum Gasteiger partial charge on any atom is 0.226 e. The molecule has 0 amide bonds. The number of nitrogens with one attached hydrogen (secondary N) is 1. The van der Waals surface area contributed by atoms with Crippen LogP contribution in [0.4, 0.5) is 10.3 Å². The van der Waals surface area contributed by atoms with Crippen molar-refractivity contribution in [1.82, 2.24) is 9.97 Å². The quantitative estimate of drug-likeness (QED) is 0.864. The van der Waals surface area contributed by atoms with Crippen molar-refractivity contribution in [3.63, 3.8) is 0 Å². The molecule has 0 fully saturated rings. The van der Waals surface area contributed by atoms with Crippen LogP contribution in [0.1, 0.15) is 12.8 Å². The first-order valence-electron chi connectivity index (χ1n) is 6.47. The molecular weight excluding hydrogens is 257 g/mol. The molecule has 5 heteroatoms. The number of benzene rings is 1. The summed E-state index contributed by atoms with van der Waals surface area (Å²) in [7, 11) is 0. The molecule has 2 aromatic rings. The second-order valence-electron chi connectivity index (χ2n) is 4.56. The standard InChI is InChI=1S/C15H14FN3O/c16-11-5-7-13(8-6-11)20-14-9-10-17-15(19-14)18-12-3-1-2-4-12/h1-2,5-10,12H,3-4H2,(H,17,18,19). The van der Waals surface area contributed by atoms with Crippen molar-refractivity contribution in [1.29, 1.82) is 0 Å². The van der Waals surface area contributed by atoms with Gasteiger partial charge in [-0.15, -0.1) is 0 Å². The topological polar surface area (TPSA) is 47.0 Å². The predicted octanol–water partition coefficient (Wildman–Crippen LogP) is 3.54. The van der Waals surface area contributed by atoms with Crippen LogP contribution >= 0.6 is 0 Å². The summed E-state index contributed by atoms with van der Waals surface area (Å²) in [6.45, 7) is 0. The van der Waals surface area contributed by atoms with Crippen LogP contribution in [-0.2, 0) is 0 Å². The third-order valence-corrected chi connectivity index (χ3v) is 3.01. The monoisotopic (exact) mass is 271 g/mol. The molecule has 0 saturated carbocycles. The molecule has 0 bridgehead atoms. The van der Waals surface area contributed by atoms with E-state index in [0.29, 0.717) is 23.6 Å². The first kappa shape index (κ1) is 12.6. The molecule has 4 nitrogen and oxygen atoms in total. The Morgan fingerprint density at radius 3 is 2.60 bits per heavy atom. The normalized spacial score (nSPS) is 14.4. The van der Waals surface area contributed by atoms with Crippen LogP contribution < -0.4 is 10.1 Å². The van der Waals surface area contributed by atoms with Gasteiger partial charge in [0.15, 0.2) is 0 Å². The van der Waals surface area contributed by atoms with E-state index in [1.165, 1.54) is 12.1 Å². The van der Waals surface area contributed by atoms with E-state index < -0.39 is 0 Å². The van der Waals surface area contributed by atoms with E-state index in [-0.39, 0.29) is 5.82 Å². The highest BCUT2D eigenvalue weighted by Gasteiger charge is 2.11. The molecule has 0 unspecified atom stereocenters. The SMILES string of the molecule is Fc1ccc(Oc2ccnc(NC3CC=CC3)n2)cc1. The lowest BCUT2D eigenvalue weighted by atomic mass is 10.2. The summed E-state index contributed by atoms with van der Waals surface area (Å²) in [5.74, 6) is 1.22. The van der Waals surface area contributed by atoms with Gasteiger partial charge in [0.05, 0.1) is 0 Å². The number of nitrogens with zero attached hydrogens (tertiary/aromatic N) is 2. The Kier molecular flexibility index (Phi) is 3.58. The lowest BCUT2D eigenvalue weighted by Gasteiger charge is -2.12. The lowest BCUT2D eigenvalue weighted by Crippen LogP contribution is -2.17. The van der Waals surface area contributed by atoms with Gasteiger partial charge >= 0.3 is 0 Å². The van der Waals surface area contributed by atoms with E-state index in [0.717, 1.165) is 12.8 Å². The zero-order chi connectivity index (χ0) is 13.8. The molecule has 0 atom stereocenters. The van der Waals surface area contributed by atoms with Crippen molar-refractivity contribution >= 4 is 5.95 Å². The van der Waals surface area contributed by atoms with E-state index in [9.17, 15) is 4.39 Å². The highest BCUT2D eigenvalue weighted by Crippen LogP contribution is 2.21. The fourth-order valence-corrected chi connectivity index (χ4v) is 2.01. The van der Waals surface area contributed by atoms with Gasteiger partial charge in [0.2, 0.25) is 11.8 Å². The van der Waals surface area contributed by atoms with Crippen molar-refractivity contribution < 1.29 is 9.13 Å². The summed E-state index contributed by atoms with van der Waals surface area (Å²) < 4.78 is 18.4. The first-order valence-corrected chi connectivity index (χ1v) is 6.47. The van der Waals surface area contributed by atoms with Gasteiger partial charge in [-0.25, -0.2) is 9.37 Å². The zero-order valence-corrected chi connectivity index (χ0v) is 10.8. The second-order valence-corrected chi connectivity index (χ2v) is 4.56. The largest absolute Gasteiger partial charge is 0.439 e. The van der Waals surface area contributed by atoms with Crippen molar-refractivity contribution in [3.05, 3.63) is 54.5 Å². The summed E-state index contributed by atoms with van der Waals surface area (Å²) in [6, 6.07) is 7.83. The molecule has 1 aliphatic rings. The number of aromatic nitrogens is 2. The Labute approximate surface area is 116 Å². The maximum absolute atomic E-state index is 12.8. The predicted molar refractivity (Wildman–Crippen MR) is 74.3 cm³/mol. The number of halogens is 1. The Balaban J connectivity index is 1.68. The van der Waals surface area contributed by atoms with Crippen LogP contribution in [0.2, 0.25) is 0 Å². The Morgan fingerprint density at radius 2 is 1.85 bits per heavy atom. The molecular formula is C15H14FN3O. The van der Waals surface area contributed by atoms with Crippen molar-refractivity contribution in [2.45, 2.75) is 18.9 Å². The number of rotatable bonds is 4. The molecule has 0 radical (unpaired) electrons. The molecule has 0 saturated heterocycles. The summed E-state index contributed by atoms with van der Waals surface area (Å²) in [5.41, 5.74) is 0. The average molecular weight is 271 g/mol. The van der Waals surface area contributed by atoms with Crippen molar-refractivity contribution in [2.75, 3.05) is 5.32 Å². The average Bonchev–Trinajstić information content (AvgIpc) is 2.95. The fourth-order valence-electron chi connectivity index (χ4n) is 2.01. The molecule has 1 aliphatic carbocycles. The minimum absolute atomic E-state index is 0.295. The number of hydrogen-bond donors (Lipinski definition) is 1. The van der Waals surface area contributed by atoms with Crippen molar-refractivity contribution in [2.24, 2.45) is 0 Å². The smallest absolute Gasteiger partial charge is 0.226 e. The van der Waals surface area contributed by atoms with Gasteiger partial charge in [-0.2, -0.15) is 4.98 Å². The molecule has 1 aromatic heterocycles. The second kappa shape index (κ2) is 5.69. The third kappa shape index (κ3) is 3.12. The van der Waals surface area contributed by atoms with Gasteiger partial charge in [0.25, 0.3) is 0 Å². The zero-order valence-electron chi connectivity index (χ0n) is 10.8. The van der Waals surface area contributed by atoms with E-state index in [1.54, 1.807) is 24.4 Å². The number of ether oxygens (including phenoxy) is 1. The minimum Gasteiger partial charge on any atom is -0.439 e. The Hall–Kier alpha value is -2.43. The molecule has 1 aromatic carbocycles. The van der Waals surface area contributed by atoms with Gasteiger partial charge in [0.1, 0.15) is 11.6 Å². The highest BCUT2D eigenvalue weighted by molar-refractivity contribution is 5.33. The summed E-state index contributed by atoms with van der Waals surface area (Å²) >= 11 is 0. The van der Waals surface area contributed by atoms with Crippen LogP contribution in [0.15, 0.2) is 48.7 Å². The number of hydrogen-bond acceptors (Lipinski definition) is 4. The van der Waals surface area contributed by atoms with Crippen LogP contribution in [-0.4, -0.2) is 16.0 Å². The fraction of sp³-hybridized carbons (Fsp3) is 0.200. The van der Waals surface area contributed by atoms with Crippen molar-refractivity contribution in [3.8, 4) is 11.6 Å². The molecule has 1 N–H and O–H groups in total. The Bertz CT molecular complexity index is 605. The summed E-state index contributed by atoms with van der Waals surface area (Å²) in [6.07, 6.45) is 7.86. The molecule has 3 rings (SSSR count). The van der Waals surface area contributed by atoms with Gasteiger partial charge in [-0.3, -0.25) is 0 Å². The highest BCUT2D eigenvalue weighted by atomic mass is 19.1. The molecule has 102 valence electrons. The van der Waals surface area contributed by atoms with E-state index in [4.69, 9.17) is 4.74 Å². The summed E-state index contributed by atoms with van der Waals surface area (Å²) in [5, 5.41) is 3.25. The van der Waals surface area contributed by atoms with E-state index in [2.05, 4.69) is 27.4 Å².